The van der Waals surface area contributed by atoms with E-state index in [1.54, 1.807) is 19.3 Å². The summed E-state index contributed by atoms with van der Waals surface area (Å²) in [6.45, 7) is 8.06. The van der Waals surface area contributed by atoms with Crippen molar-refractivity contribution in [3.05, 3.63) is 30.6 Å². The van der Waals surface area contributed by atoms with Crippen LogP contribution in [0.4, 0.5) is 0 Å². The zero-order valence-corrected chi connectivity index (χ0v) is 9.30. The van der Waals surface area contributed by atoms with Crippen molar-refractivity contribution >= 4 is 19.9 Å². The zero-order chi connectivity index (χ0) is 10.9. The average Bonchev–Trinajstić information content (AvgIpc) is 2.27. The molecule has 0 bridgehead atoms. The largest absolute Gasteiger partial charge is 2.00 e. The third-order valence-corrected chi connectivity index (χ3v) is 0.566. The van der Waals surface area contributed by atoms with E-state index in [0.29, 0.717) is 0 Å². The normalized spacial score (nSPS) is 4.93. The van der Waals surface area contributed by atoms with Crippen LogP contribution in [-0.2, 0) is 29.1 Å². The second-order valence-corrected chi connectivity index (χ2v) is 1.28. The van der Waals surface area contributed by atoms with Gasteiger partial charge in [-0.3, -0.25) is 23.4 Å². The Kier molecular flexibility index (Phi) is 67.3. The molecule has 14 heavy (non-hydrogen) atoms. The van der Waals surface area contributed by atoms with Gasteiger partial charge in [-0.15, -0.1) is 0 Å². The van der Waals surface area contributed by atoms with Crippen molar-refractivity contribution in [3.8, 4) is 0 Å². The van der Waals surface area contributed by atoms with Crippen molar-refractivity contribution in [1.82, 2.24) is 4.98 Å². The third-order valence-electron chi connectivity index (χ3n) is 0.566. The van der Waals surface area contributed by atoms with Crippen molar-refractivity contribution in [1.29, 1.82) is 0 Å². The van der Waals surface area contributed by atoms with Crippen molar-refractivity contribution in [2.45, 2.75) is 6.92 Å². The van der Waals surface area contributed by atoms with Gasteiger partial charge in [0, 0.05) is 19.3 Å². The van der Waals surface area contributed by atoms with Crippen LogP contribution in [0.25, 0.3) is 0 Å². The molecule has 1 rings (SSSR count). The molecular formula is C9H12NO3Rh+. The maximum absolute atomic E-state index is 7.75. The molecule has 1 aromatic heterocycles. The van der Waals surface area contributed by atoms with Gasteiger partial charge in [0.2, 0.25) is 0 Å². The summed E-state index contributed by atoms with van der Waals surface area (Å²) in [5.74, 6) is 0. The SMILES string of the molecule is CC=[OH+].[CH-]=O.[CH-]=O.[Rh+2].c1ccncc1. The Labute approximate surface area is 96.5 Å². The monoisotopic (exact) mass is 285 g/mol. The number of aldehydes is 1. The molecule has 0 saturated heterocycles. The van der Waals surface area contributed by atoms with Gasteiger partial charge in [0.15, 0.2) is 0 Å². The molecule has 0 aromatic carbocycles. The second-order valence-electron chi connectivity index (χ2n) is 1.28. The Morgan fingerprint density at radius 1 is 1.07 bits per heavy atom. The standard InChI is InChI=1S/C5H5N.C2H4O.2CHO.Rh/c1-2-4-6-5-3-1;1-2-3;2*1-2;/h1-5H;2H,1H3;2*1H;/q;;2*-1;+2/p+1. The van der Waals surface area contributed by atoms with Gasteiger partial charge in [-0.25, -0.2) is 0 Å². The summed E-state index contributed by atoms with van der Waals surface area (Å²) in [5.41, 5.74) is 0. The van der Waals surface area contributed by atoms with Crippen molar-refractivity contribution in [2.24, 2.45) is 0 Å². The Hall–Kier alpha value is -1.22. The zero-order valence-electron chi connectivity index (χ0n) is 7.66. The fraction of sp³-hybridized carbons (Fsp3) is 0.111. The molecule has 1 aromatic rings. The van der Waals surface area contributed by atoms with Crippen LogP contribution in [0.15, 0.2) is 30.6 Å². The van der Waals surface area contributed by atoms with E-state index in [-0.39, 0.29) is 19.5 Å². The minimum absolute atomic E-state index is 0. The van der Waals surface area contributed by atoms with Crippen LogP contribution < -0.4 is 0 Å². The number of aromatic nitrogens is 1. The summed E-state index contributed by atoms with van der Waals surface area (Å²) in [4.78, 5) is 26.7. The summed E-state index contributed by atoms with van der Waals surface area (Å²) in [6, 6.07) is 5.72. The molecule has 1 N–H and O–H groups in total. The quantitative estimate of drug-likeness (QED) is 0.305. The Bertz CT molecular complexity index is 144. The molecule has 0 unspecified atom stereocenters. The average molecular weight is 285 g/mol. The predicted molar refractivity (Wildman–Crippen MR) is 51.4 cm³/mol. The van der Waals surface area contributed by atoms with Gasteiger partial charge >= 0.3 is 19.5 Å². The number of hydrogen-bond donors (Lipinski definition) is 0. The molecule has 5 heteroatoms. The number of pyridine rings is 1. The van der Waals surface area contributed by atoms with E-state index < -0.39 is 0 Å². The molecule has 0 aliphatic heterocycles. The third kappa shape index (κ3) is 45.1. The van der Waals surface area contributed by atoms with E-state index >= 15 is 0 Å². The molecule has 1 heterocycles. The van der Waals surface area contributed by atoms with Gasteiger partial charge in [0.05, 0.1) is 0 Å². The first-order valence-corrected chi connectivity index (χ1v) is 3.16. The summed E-state index contributed by atoms with van der Waals surface area (Å²) >= 11 is 0. The van der Waals surface area contributed by atoms with E-state index in [1.165, 1.54) is 0 Å². The first-order valence-electron chi connectivity index (χ1n) is 3.16. The number of rotatable bonds is 0. The molecule has 4 nitrogen and oxygen atoms in total. The van der Waals surface area contributed by atoms with Crippen LogP contribution in [0, 0.1) is 0 Å². The minimum Gasteiger partial charge on any atom is -0.545 e. The molecule has 0 saturated carbocycles. The fourth-order valence-corrected chi connectivity index (χ4v) is 0.313. The maximum atomic E-state index is 7.75. The van der Waals surface area contributed by atoms with E-state index in [4.69, 9.17) is 14.4 Å². The summed E-state index contributed by atoms with van der Waals surface area (Å²) in [5, 5.41) is 0. The molecule has 0 atom stereocenters. The van der Waals surface area contributed by atoms with E-state index in [1.807, 2.05) is 18.2 Å². The van der Waals surface area contributed by atoms with Gasteiger partial charge in [-0.05, 0) is 12.1 Å². The topological polar surface area (TPSA) is 68.4 Å². The molecule has 0 amide bonds. The first-order chi connectivity index (χ1) is 6.41. The van der Waals surface area contributed by atoms with Crippen molar-refractivity contribution < 1.29 is 33.9 Å². The number of nitrogens with zero attached hydrogens (tertiary/aromatic N) is 1. The van der Waals surface area contributed by atoms with Gasteiger partial charge in [0.25, 0.3) is 6.29 Å². The van der Waals surface area contributed by atoms with Gasteiger partial charge in [0.1, 0.15) is 0 Å². The van der Waals surface area contributed by atoms with E-state index in [0.717, 1.165) is 6.29 Å². The molecule has 0 spiro atoms. The summed E-state index contributed by atoms with van der Waals surface area (Å²) < 4.78 is 0. The van der Waals surface area contributed by atoms with Gasteiger partial charge in [-0.1, -0.05) is 6.07 Å². The first kappa shape index (κ1) is 23.0. The summed E-state index contributed by atoms with van der Waals surface area (Å²) in [7, 11) is 0. The van der Waals surface area contributed by atoms with Crippen LogP contribution in [-0.4, -0.2) is 29.6 Å². The molecule has 0 aliphatic carbocycles. The van der Waals surface area contributed by atoms with Crippen LogP contribution in [0.1, 0.15) is 6.92 Å². The van der Waals surface area contributed by atoms with E-state index in [2.05, 4.69) is 18.6 Å². The number of hydrogen-bond acceptors (Lipinski definition) is 3. The van der Waals surface area contributed by atoms with Crippen LogP contribution in [0.5, 0.6) is 0 Å². The smallest absolute Gasteiger partial charge is 0.545 e. The Morgan fingerprint density at radius 3 is 1.43 bits per heavy atom. The van der Waals surface area contributed by atoms with Crippen molar-refractivity contribution in [3.63, 3.8) is 0 Å². The van der Waals surface area contributed by atoms with Gasteiger partial charge in [-0.2, -0.15) is 0 Å². The van der Waals surface area contributed by atoms with Crippen LogP contribution in [0.3, 0.4) is 0 Å². The molecular weight excluding hydrogens is 273 g/mol. The summed E-state index contributed by atoms with van der Waals surface area (Å²) in [6.07, 6.45) is 4.50. The molecule has 0 fully saturated rings. The predicted octanol–water partition coefficient (Wildman–Crippen LogP) is 0.712. The van der Waals surface area contributed by atoms with E-state index in [9.17, 15) is 0 Å². The Morgan fingerprint density at radius 2 is 1.36 bits per heavy atom. The molecule has 1 radical (unpaired) electrons. The minimum atomic E-state index is 0. The van der Waals surface area contributed by atoms with Crippen LogP contribution >= 0.6 is 0 Å². The second kappa shape index (κ2) is 41.0. The van der Waals surface area contributed by atoms with Gasteiger partial charge < -0.3 is 9.59 Å². The Balaban J connectivity index is -0.0000000549. The van der Waals surface area contributed by atoms with Crippen LogP contribution in [0.2, 0.25) is 0 Å². The molecule has 0 aliphatic rings. The number of carbonyl (C=O) groups excluding carboxylic acids is 3. The van der Waals surface area contributed by atoms with Crippen molar-refractivity contribution in [2.75, 3.05) is 0 Å². The fourth-order valence-electron chi connectivity index (χ4n) is 0.313. The maximum Gasteiger partial charge on any atom is 2.00 e. The molecule has 79 valence electrons.